The highest BCUT2D eigenvalue weighted by molar-refractivity contribution is 5.34. The van der Waals surface area contributed by atoms with Crippen molar-refractivity contribution >= 4 is 5.95 Å². The Morgan fingerprint density at radius 1 is 1.17 bits per heavy atom. The first kappa shape index (κ1) is 19.3. The number of halogens is 1. The summed E-state index contributed by atoms with van der Waals surface area (Å²) in [5.74, 6) is 0.365. The highest BCUT2D eigenvalue weighted by Crippen LogP contribution is 2.17. The highest BCUT2D eigenvalue weighted by Gasteiger charge is 2.20. The van der Waals surface area contributed by atoms with E-state index < -0.39 is 0 Å². The van der Waals surface area contributed by atoms with E-state index in [2.05, 4.69) is 14.9 Å². The van der Waals surface area contributed by atoms with Crippen molar-refractivity contribution in [3.63, 3.8) is 0 Å². The fraction of sp³-hybridized carbons (Fsp3) is 0.318. The number of rotatable bonds is 5. The predicted molar refractivity (Wildman–Crippen MR) is 110 cm³/mol. The molecule has 3 aromatic rings. The average Bonchev–Trinajstić information content (AvgIpc) is 2.93. The number of anilines is 1. The van der Waals surface area contributed by atoms with Gasteiger partial charge in [-0.15, -0.1) is 0 Å². The molecular formula is C22H24FN5O. The minimum Gasteiger partial charge on any atom is -0.341 e. The van der Waals surface area contributed by atoms with Gasteiger partial charge in [-0.05, 0) is 24.1 Å². The van der Waals surface area contributed by atoms with Crippen molar-refractivity contribution < 1.29 is 4.39 Å². The third-order valence-corrected chi connectivity index (χ3v) is 5.29. The lowest BCUT2D eigenvalue weighted by Crippen LogP contribution is -2.27. The van der Waals surface area contributed by atoms with Gasteiger partial charge in [-0.1, -0.05) is 24.3 Å². The Bertz CT molecular complexity index is 1040. The molecule has 0 unspecified atom stereocenters. The molecule has 0 fully saturated rings. The highest BCUT2D eigenvalue weighted by atomic mass is 19.1. The first-order valence-corrected chi connectivity index (χ1v) is 9.78. The second-order valence-corrected chi connectivity index (χ2v) is 7.40. The molecule has 1 aromatic carbocycles. The molecule has 3 heterocycles. The monoisotopic (exact) mass is 393 g/mol. The van der Waals surface area contributed by atoms with Crippen molar-refractivity contribution in [1.82, 2.24) is 19.9 Å². The number of benzene rings is 1. The maximum Gasteiger partial charge on any atom is 0.255 e. The maximum atomic E-state index is 14.0. The van der Waals surface area contributed by atoms with Crippen molar-refractivity contribution in [1.29, 1.82) is 0 Å². The molecule has 4 rings (SSSR count). The van der Waals surface area contributed by atoms with E-state index in [-0.39, 0.29) is 11.4 Å². The summed E-state index contributed by atoms with van der Waals surface area (Å²) in [6.45, 7) is 2.59. The van der Waals surface area contributed by atoms with Gasteiger partial charge in [0, 0.05) is 63.2 Å². The summed E-state index contributed by atoms with van der Waals surface area (Å²) in [7, 11) is 1.90. The fourth-order valence-electron chi connectivity index (χ4n) is 3.69. The summed E-state index contributed by atoms with van der Waals surface area (Å²) in [6.07, 6.45) is 4.82. The summed E-state index contributed by atoms with van der Waals surface area (Å²) in [5.41, 5.74) is 3.20. The number of hydrogen-bond donors (Lipinski definition) is 1. The van der Waals surface area contributed by atoms with Crippen molar-refractivity contribution in [2.24, 2.45) is 0 Å². The van der Waals surface area contributed by atoms with Crippen LogP contribution in [-0.4, -0.2) is 40.0 Å². The first-order valence-electron chi connectivity index (χ1n) is 9.78. The molecule has 0 amide bonds. The number of nitrogens with zero attached hydrogens (tertiary/aromatic N) is 4. The third-order valence-electron chi connectivity index (χ3n) is 5.29. The fourth-order valence-corrected chi connectivity index (χ4v) is 3.69. The van der Waals surface area contributed by atoms with Crippen LogP contribution in [0.4, 0.5) is 10.3 Å². The van der Waals surface area contributed by atoms with Crippen LogP contribution in [0.2, 0.25) is 0 Å². The summed E-state index contributed by atoms with van der Waals surface area (Å²) < 4.78 is 14.0. The minimum atomic E-state index is -0.190. The summed E-state index contributed by atoms with van der Waals surface area (Å²) >= 11 is 0. The maximum absolute atomic E-state index is 14.0. The van der Waals surface area contributed by atoms with Gasteiger partial charge in [0.15, 0.2) is 0 Å². The van der Waals surface area contributed by atoms with Gasteiger partial charge < -0.3 is 4.90 Å². The molecule has 0 saturated carbocycles. The standard InChI is InChI=1S/C22H24FN5O/c1-27(14-16-5-4-10-24-13-16)22-25-20-9-12-28(11-8-18(20)21(29)26-22)15-17-6-2-3-7-19(17)23/h2-7,10,13H,8-9,11-12,14-15H2,1H3,(H,25,26,29). The Morgan fingerprint density at radius 3 is 2.79 bits per heavy atom. The number of pyridine rings is 1. The number of fused-ring (bicyclic) bond motifs is 1. The van der Waals surface area contributed by atoms with Gasteiger partial charge >= 0.3 is 0 Å². The molecule has 0 atom stereocenters. The van der Waals surface area contributed by atoms with E-state index >= 15 is 0 Å². The van der Waals surface area contributed by atoms with Crippen LogP contribution in [0.1, 0.15) is 22.4 Å². The minimum absolute atomic E-state index is 0.0872. The Labute approximate surface area is 169 Å². The zero-order valence-electron chi connectivity index (χ0n) is 16.4. The van der Waals surface area contributed by atoms with E-state index in [9.17, 15) is 9.18 Å². The molecule has 7 heteroatoms. The molecule has 2 aromatic heterocycles. The topological polar surface area (TPSA) is 65.1 Å². The van der Waals surface area contributed by atoms with E-state index in [0.29, 0.717) is 44.0 Å². The van der Waals surface area contributed by atoms with Crippen LogP contribution in [0.25, 0.3) is 0 Å². The van der Waals surface area contributed by atoms with Gasteiger partial charge in [-0.2, -0.15) is 0 Å². The average molecular weight is 393 g/mol. The van der Waals surface area contributed by atoms with Crippen LogP contribution >= 0.6 is 0 Å². The SMILES string of the molecule is CN(Cc1cccnc1)c1nc2c(c(=O)[nH]1)CCN(Cc1ccccc1F)CC2. The first-order chi connectivity index (χ1) is 14.1. The molecule has 0 radical (unpaired) electrons. The molecule has 0 aliphatic carbocycles. The van der Waals surface area contributed by atoms with Crippen LogP contribution in [-0.2, 0) is 25.9 Å². The lowest BCUT2D eigenvalue weighted by atomic mass is 10.1. The number of hydrogen-bond acceptors (Lipinski definition) is 5. The normalized spacial score (nSPS) is 14.3. The summed E-state index contributed by atoms with van der Waals surface area (Å²) in [5, 5.41) is 0. The number of nitrogens with one attached hydrogen (secondary N) is 1. The van der Waals surface area contributed by atoms with Gasteiger partial charge in [-0.25, -0.2) is 9.37 Å². The smallest absolute Gasteiger partial charge is 0.255 e. The molecule has 0 spiro atoms. The molecule has 150 valence electrons. The van der Waals surface area contributed by atoms with Crippen LogP contribution in [0.15, 0.2) is 53.6 Å². The van der Waals surface area contributed by atoms with E-state index in [1.807, 2.05) is 36.2 Å². The Morgan fingerprint density at radius 2 is 2.00 bits per heavy atom. The second kappa shape index (κ2) is 8.53. The van der Waals surface area contributed by atoms with E-state index in [0.717, 1.165) is 23.4 Å². The van der Waals surface area contributed by atoms with Crippen molar-refractivity contribution in [3.8, 4) is 0 Å². The van der Waals surface area contributed by atoms with Crippen molar-refractivity contribution in [2.45, 2.75) is 25.9 Å². The molecule has 0 saturated heterocycles. The molecule has 29 heavy (non-hydrogen) atoms. The quantitative estimate of drug-likeness (QED) is 0.722. The zero-order chi connectivity index (χ0) is 20.2. The third kappa shape index (κ3) is 4.51. The Balaban J connectivity index is 1.49. The van der Waals surface area contributed by atoms with Crippen molar-refractivity contribution in [2.75, 3.05) is 25.0 Å². The lowest BCUT2D eigenvalue weighted by Gasteiger charge is -2.19. The van der Waals surface area contributed by atoms with E-state index in [1.165, 1.54) is 6.07 Å². The Kier molecular flexibility index (Phi) is 5.67. The lowest BCUT2D eigenvalue weighted by molar-refractivity contribution is 0.274. The molecule has 1 aliphatic heterocycles. The van der Waals surface area contributed by atoms with Crippen LogP contribution in [0.5, 0.6) is 0 Å². The predicted octanol–water partition coefficient (Wildman–Crippen LogP) is 2.54. The summed E-state index contributed by atoms with van der Waals surface area (Å²) in [4.78, 5) is 28.6. The Hall–Kier alpha value is -3.06. The largest absolute Gasteiger partial charge is 0.341 e. The molecule has 0 bridgehead atoms. The number of H-pyrrole nitrogens is 1. The summed E-state index contributed by atoms with van der Waals surface area (Å²) in [6, 6.07) is 10.7. The molecule has 1 aliphatic rings. The molecular weight excluding hydrogens is 369 g/mol. The number of aromatic amines is 1. The van der Waals surface area contributed by atoms with Gasteiger partial charge in [0.2, 0.25) is 5.95 Å². The molecule has 1 N–H and O–H groups in total. The van der Waals surface area contributed by atoms with Crippen molar-refractivity contribution in [3.05, 3.63) is 87.3 Å². The van der Waals surface area contributed by atoms with E-state index in [4.69, 9.17) is 4.98 Å². The molecule has 6 nitrogen and oxygen atoms in total. The van der Waals surface area contributed by atoms with E-state index in [1.54, 1.807) is 18.5 Å². The van der Waals surface area contributed by atoms with Crippen LogP contribution in [0.3, 0.4) is 0 Å². The van der Waals surface area contributed by atoms with Gasteiger partial charge in [0.05, 0.1) is 5.69 Å². The van der Waals surface area contributed by atoms with Gasteiger partial charge in [0.25, 0.3) is 5.56 Å². The zero-order valence-corrected chi connectivity index (χ0v) is 16.4. The number of aromatic nitrogens is 3. The van der Waals surface area contributed by atoms with Gasteiger partial charge in [0.1, 0.15) is 5.82 Å². The van der Waals surface area contributed by atoms with Crippen LogP contribution in [0, 0.1) is 5.82 Å². The second-order valence-electron chi connectivity index (χ2n) is 7.40. The van der Waals surface area contributed by atoms with Gasteiger partial charge in [-0.3, -0.25) is 19.7 Å². The van der Waals surface area contributed by atoms with Crippen LogP contribution < -0.4 is 10.5 Å².